The monoisotopic (exact) mass is 224 g/mol. The number of ether oxygens (including phenoxy) is 1. The van der Waals surface area contributed by atoms with Gasteiger partial charge in [0.1, 0.15) is 18.1 Å². The van der Waals surface area contributed by atoms with Gasteiger partial charge in [-0.1, -0.05) is 0 Å². The molecule has 1 aromatic carbocycles. The SMILES string of the molecule is Nc1ccc(N2CCOCC2C=O)c(F)c1. The van der Waals surface area contributed by atoms with Crippen molar-refractivity contribution in [2.24, 2.45) is 0 Å². The van der Waals surface area contributed by atoms with E-state index in [1.165, 1.54) is 6.07 Å². The van der Waals surface area contributed by atoms with Crippen LogP contribution in [0.5, 0.6) is 0 Å². The van der Waals surface area contributed by atoms with Crippen molar-refractivity contribution in [1.82, 2.24) is 0 Å². The van der Waals surface area contributed by atoms with E-state index in [1.807, 2.05) is 0 Å². The Morgan fingerprint density at radius 1 is 1.56 bits per heavy atom. The molecular formula is C11H13FN2O2. The van der Waals surface area contributed by atoms with Gasteiger partial charge < -0.3 is 20.2 Å². The van der Waals surface area contributed by atoms with E-state index >= 15 is 0 Å². The Hall–Kier alpha value is -1.62. The Labute approximate surface area is 92.8 Å². The summed E-state index contributed by atoms with van der Waals surface area (Å²) in [5.74, 6) is -0.409. The van der Waals surface area contributed by atoms with Crippen LogP contribution < -0.4 is 10.6 Å². The second-order valence-electron chi connectivity index (χ2n) is 3.68. The Morgan fingerprint density at radius 2 is 2.38 bits per heavy atom. The number of rotatable bonds is 2. The van der Waals surface area contributed by atoms with Crippen molar-refractivity contribution in [2.75, 3.05) is 30.4 Å². The molecule has 1 fully saturated rings. The van der Waals surface area contributed by atoms with Crippen LogP contribution in [0.2, 0.25) is 0 Å². The summed E-state index contributed by atoms with van der Waals surface area (Å²) < 4.78 is 18.8. The average Bonchev–Trinajstić information content (AvgIpc) is 2.29. The summed E-state index contributed by atoms with van der Waals surface area (Å²) in [4.78, 5) is 12.6. The van der Waals surface area contributed by atoms with Gasteiger partial charge in [0.15, 0.2) is 0 Å². The fourth-order valence-electron chi connectivity index (χ4n) is 1.79. The predicted octanol–water partition coefficient (Wildman–Crippen LogP) is 0.812. The number of hydrogen-bond acceptors (Lipinski definition) is 4. The molecule has 0 amide bonds. The van der Waals surface area contributed by atoms with Crippen molar-refractivity contribution in [2.45, 2.75) is 6.04 Å². The third kappa shape index (κ3) is 1.99. The van der Waals surface area contributed by atoms with Crippen molar-refractivity contribution in [1.29, 1.82) is 0 Å². The lowest BCUT2D eigenvalue weighted by Gasteiger charge is -2.34. The van der Waals surface area contributed by atoms with Gasteiger partial charge in [0.25, 0.3) is 0 Å². The van der Waals surface area contributed by atoms with Gasteiger partial charge in [0, 0.05) is 12.2 Å². The molecule has 2 rings (SSSR count). The zero-order valence-electron chi connectivity index (χ0n) is 8.73. The van der Waals surface area contributed by atoms with Crippen LogP contribution in [0.4, 0.5) is 15.8 Å². The molecule has 0 bridgehead atoms. The molecule has 5 heteroatoms. The molecule has 1 aliphatic heterocycles. The summed E-state index contributed by atoms with van der Waals surface area (Å²) in [6.07, 6.45) is 0.773. The highest BCUT2D eigenvalue weighted by Crippen LogP contribution is 2.24. The van der Waals surface area contributed by atoms with Gasteiger partial charge in [0.2, 0.25) is 0 Å². The van der Waals surface area contributed by atoms with Crippen molar-refractivity contribution in [3.05, 3.63) is 24.0 Å². The number of carbonyl (C=O) groups is 1. The summed E-state index contributed by atoms with van der Waals surface area (Å²) in [5, 5.41) is 0. The summed E-state index contributed by atoms with van der Waals surface area (Å²) in [6, 6.07) is 4.04. The molecule has 16 heavy (non-hydrogen) atoms. The second kappa shape index (κ2) is 4.49. The van der Waals surface area contributed by atoms with E-state index in [0.29, 0.717) is 31.1 Å². The number of benzene rings is 1. The number of morpholine rings is 1. The highest BCUT2D eigenvalue weighted by atomic mass is 19.1. The number of nitrogens with zero attached hydrogens (tertiary/aromatic N) is 1. The van der Waals surface area contributed by atoms with Gasteiger partial charge in [-0.05, 0) is 18.2 Å². The first-order valence-corrected chi connectivity index (χ1v) is 5.07. The lowest BCUT2D eigenvalue weighted by Crippen LogP contribution is -2.46. The normalized spacial score (nSPS) is 20.8. The molecule has 0 spiro atoms. The van der Waals surface area contributed by atoms with E-state index in [9.17, 15) is 9.18 Å². The topological polar surface area (TPSA) is 55.6 Å². The largest absolute Gasteiger partial charge is 0.399 e. The Bertz CT molecular complexity index is 398. The molecule has 4 nitrogen and oxygen atoms in total. The van der Waals surface area contributed by atoms with E-state index in [2.05, 4.69) is 0 Å². The molecule has 0 aromatic heterocycles. The minimum atomic E-state index is -0.424. The molecule has 2 N–H and O–H groups in total. The van der Waals surface area contributed by atoms with E-state index in [0.717, 1.165) is 6.29 Å². The zero-order valence-corrected chi connectivity index (χ0v) is 8.73. The lowest BCUT2D eigenvalue weighted by molar-refractivity contribution is -0.111. The maximum atomic E-state index is 13.7. The van der Waals surface area contributed by atoms with Crippen LogP contribution >= 0.6 is 0 Å². The first kappa shape index (κ1) is 10.9. The van der Waals surface area contributed by atoms with Crippen LogP contribution in [0, 0.1) is 5.82 Å². The summed E-state index contributed by atoms with van der Waals surface area (Å²) >= 11 is 0. The maximum Gasteiger partial charge on any atom is 0.148 e. The molecule has 1 aromatic rings. The molecule has 0 aliphatic carbocycles. The smallest absolute Gasteiger partial charge is 0.148 e. The van der Waals surface area contributed by atoms with Gasteiger partial charge in [-0.3, -0.25) is 0 Å². The minimum Gasteiger partial charge on any atom is -0.399 e. The van der Waals surface area contributed by atoms with E-state index in [-0.39, 0.29) is 0 Å². The van der Waals surface area contributed by atoms with E-state index in [1.54, 1.807) is 17.0 Å². The molecule has 86 valence electrons. The van der Waals surface area contributed by atoms with Crippen molar-refractivity contribution in [3.8, 4) is 0 Å². The van der Waals surface area contributed by atoms with Crippen molar-refractivity contribution < 1.29 is 13.9 Å². The molecule has 1 unspecified atom stereocenters. The van der Waals surface area contributed by atoms with Crippen LogP contribution in [0.25, 0.3) is 0 Å². The Kier molecular flexibility index (Phi) is 3.05. The summed E-state index contributed by atoms with van der Waals surface area (Å²) in [6.45, 7) is 1.30. The number of halogens is 1. The van der Waals surface area contributed by atoms with Crippen LogP contribution in [0.15, 0.2) is 18.2 Å². The molecule has 1 atom stereocenters. The number of anilines is 2. The van der Waals surface area contributed by atoms with Gasteiger partial charge in [-0.15, -0.1) is 0 Å². The fourth-order valence-corrected chi connectivity index (χ4v) is 1.79. The molecular weight excluding hydrogens is 211 g/mol. The predicted molar refractivity (Wildman–Crippen MR) is 58.8 cm³/mol. The van der Waals surface area contributed by atoms with Crippen molar-refractivity contribution >= 4 is 17.7 Å². The second-order valence-corrected chi connectivity index (χ2v) is 3.68. The first-order valence-electron chi connectivity index (χ1n) is 5.07. The van der Waals surface area contributed by atoms with Crippen molar-refractivity contribution in [3.63, 3.8) is 0 Å². The zero-order chi connectivity index (χ0) is 11.5. The standard InChI is InChI=1S/C11H13FN2O2/c12-10-5-8(13)1-2-11(10)14-3-4-16-7-9(14)6-15/h1-2,5-6,9H,3-4,7,13H2. The fraction of sp³-hybridized carbons (Fsp3) is 0.364. The van der Waals surface area contributed by atoms with Gasteiger partial charge in [-0.2, -0.15) is 0 Å². The first-order chi connectivity index (χ1) is 7.72. The van der Waals surface area contributed by atoms with Crippen LogP contribution in [0.3, 0.4) is 0 Å². The third-order valence-electron chi connectivity index (χ3n) is 2.60. The Balaban J connectivity index is 2.30. The maximum absolute atomic E-state index is 13.7. The minimum absolute atomic E-state index is 0.299. The molecule has 1 heterocycles. The van der Waals surface area contributed by atoms with Gasteiger partial charge >= 0.3 is 0 Å². The van der Waals surface area contributed by atoms with Gasteiger partial charge in [-0.25, -0.2) is 4.39 Å². The lowest BCUT2D eigenvalue weighted by atomic mass is 10.2. The number of aldehydes is 1. The van der Waals surface area contributed by atoms with Crippen LogP contribution in [0.1, 0.15) is 0 Å². The quantitative estimate of drug-likeness (QED) is 0.596. The number of hydrogen-bond donors (Lipinski definition) is 1. The van der Waals surface area contributed by atoms with Crippen LogP contribution in [-0.2, 0) is 9.53 Å². The average molecular weight is 224 g/mol. The number of nitrogen functional groups attached to an aromatic ring is 1. The highest BCUT2D eigenvalue weighted by Gasteiger charge is 2.24. The molecule has 0 radical (unpaired) electrons. The number of carbonyl (C=O) groups excluding carboxylic acids is 1. The van der Waals surface area contributed by atoms with Crippen LogP contribution in [-0.4, -0.2) is 32.1 Å². The number of nitrogens with two attached hydrogens (primary N) is 1. The highest BCUT2D eigenvalue weighted by molar-refractivity contribution is 5.68. The third-order valence-corrected chi connectivity index (χ3v) is 2.60. The summed E-state index contributed by atoms with van der Waals surface area (Å²) in [7, 11) is 0. The van der Waals surface area contributed by atoms with E-state index < -0.39 is 11.9 Å². The molecule has 0 saturated carbocycles. The van der Waals surface area contributed by atoms with E-state index in [4.69, 9.17) is 10.5 Å². The Morgan fingerprint density at radius 3 is 3.06 bits per heavy atom. The van der Waals surface area contributed by atoms with Gasteiger partial charge in [0.05, 0.1) is 18.9 Å². The summed E-state index contributed by atoms with van der Waals surface area (Å²) in [5.41, 5.74) is 6.24. The molecule has 1 aliphatic rings. The molecule has 1 saturated heterocycles.